The fraction of sp³-hybridized carbons (Fsp3) is 0.308. The van der Waals surface area contributed by atoms with Crippen LogP contribution in [0.4, 0.5) is 0 Å². The monoisotopic (exact) mass is 409 g/mol. The summed E-state index contributed by atoms with van der Waals surface area (Å²) in [5.74, 6) is 3.44. The number of aromatic nitrogens is 4. The van der Waals surface area contributed by atoms with Crippen LogP contribution in [0.3, 0.4) is 0 Å². The van der Waals surface area contributed by atoms with Gasteiger partial charge in [0.05, 0.1) is 29.8 Å². The molecule has 6 rings (SSSR count). The normalized spacial score (nSPS) is 17.1. The first kappa shape index (κ1) is 18.6. The van der Waals surface area contributed by atoms with Crippen LogP contribution in [0.15, 0.2) is 60.9 Å². The van der Waals surface area contributed by atoms with Crippen molar-refractivity contribution in [2.45, 2.75) is 38.1 Å². The number of nitrogens with one attached hydrogen (secondary N) is 2. The second kappa shape index (κ2) is 7.50. The number of hydrogen-bond acceptors (Lipinski definition) is 3. The molecule has 0 bridgehead atoms. The highest BCUT2D eigenvalue weighted by Gasteiger charge is 2.31. The standard InChI is InChI=1S/C26H27N5/c27-25(21-11-12-21)26-29-15-23(31-26)20-9-5-18(6-10-20)17-3-7-19(8-4-17)22-14-28-24(30-22)13-16-1-2-16/h3-10,14-16,21,25H,1-2,11-13,27H2,(H,28,30)(H,29,31)/t25-/m0/s1. The van der Waals surface area contributed by atoms with E-state index in [0.29, 0.717) is 5.92 Å². The highest BCUT2D eigenvalue weighted by atomic mass is 15.0. The fourth-order valence-corrected chi connectivity index (χ4v) is 4.22. The lowest BCUT2D eigenvalue weighted by Gasteiger charge is -2.06. The number of rotatable bonds is 7. The van der Waals surface area contributed by atoms with E-state index in [1.54, 1.807) is 0 Å². The molecule has 2 heterocycles. The van der Waals surface area contributed by atoms with Crippen molar-refractivity contribution < 1.29 is 0 Å². The van der Waals surface area contributed by atoms with E-state index >= 15 is 0 Å². The molecule has 0 unspecified atom stereocenters. The highest BCUT2D eigenvalue weighted by Crippen LogP contribution is 2.39. The highest BCUT2D eigenvalue weighted by molar-refractivity contribution is 5.71. The largest absolute Gasteiger partial charge is 0.342 e. The maximum Gasteiger partial charge on any atom is 0.123 e. The summed E-state index contributed by atoms with van der Waals surface area (Å²) in [5.41, 5.74) is 13.1. The summed E-state index contributed by atoms with van der Waals surface area (Å²) in [7, 11) is 0. The fourth-order valence-electron chi connectivity index (χ4n) is 4.22. The first-order valence-electron chi connectivity index (χ1n) is 11.3. The van der Waals surface area contributed by atoms with Gasteiger partial charge in [-0.1, -0.05) is 48.5 Å². The predicted molar refractivity (Wildman–Crippen MR) is 123 cm³/mol. The van der Waals surface area contributed by atoms with Crippen LogP contribution < -0.4 is 5.73 Å². The van der Waals surface area contributed by atoms with Crippen molar-refractivity contribution >= 4 is 0 Å². The van der Waals surface area contributed by atoms with Gasteiger partial charge in [-0.15, -0.1) is 0 Å². The number of hydrogen-bond donors (Lipinski definition) is 3. The molecule has 5 heteroatoms. The summed E-state index contributed by atoms with van der Waals surface area (Å²) in [6, 6.07) is 17.3. The average Bonchev–Trinajstić information content (AvgIpc) is 3.72. The molecule has 0 saturated heterocycles. The maximum atomic E-state index is 6.27. The maximum absolute atomic E-state index is 6.27. The summed E-state index contributed by atoms with van der Waals surface area (Å²) in [5, 5.41) is 0. The van der Waals surface area contributed by atoms with Gasteiger partial charge in [0.25, 0.3) is 0 Å². The van der Waals surface area contributed by atoms with E-state index in [2.05, 4.69) is 68.5 Å². The number of benzene rings is 2. The Morgan fingerprint density at radius 1 is 0.742 bits per heavy atom. The van der Waals surface area contributed by atoms with Crippen LogP contribution in [0, 0.1) is 11.8 Å². The van der Waals surface area contributed by atoms with Crippen LogP contribution in [0.25, 0.3) is 33.6 Å². The lowest BCUT2D eigenvalue weighted by molar-refractivity contribution is 0.600. The molecule has 0 spiro atoms. The van der Waals surface area contributed by atoms with Crippen LogP contribution >= 0.6 is 0 Å². The van der Waals surface area contributed by atoms with Gasteiger partial charge >= 0.3 is 0 Å². The third kappa shape index (κ3) is 3.93. The van der Waals surface area contributed by atoms with Crippen molar-refractivity contribution in [2.75, 3.05) is 0 Å². The number of nitrogens with two attached hydrogens (primary N) is 1. The Labute approximate surface area is 182 Å². The number of H-pyrrole nitrogens is 2. The second-order valence-electron chi connectivity index (χ2n) is 9.09. The predicted octanol–water partition coefficient (Wildman–Crippen LogP) is 5.50. The molecule has 2 aliphatic rings. The molecule has 2 aromatic heterocycles. The lowest BCUT2D eigenvalue weighted by Crippen LogP contribution is -2.13. The second-order valence-corrected chi connectivity index (χ2v) is 9.09. The minimum absolute atomic E-state index is 0.0335. The summed E-state index contributed by atoms with van der Waals surface area (Å²) >= 11 is 0. The van der Waals surface area contributed by atoms with Crippen molar-refractivity contribution in [3.05, 3.63) is 72.6 Å². The van der Waals surface area contributed by atoms with E-state index in [-0.39, 0.29) is 6.04 Å². The van der Waals surface area contributed by atoms with Gasteiger partial charge in [-0.2, -0.15) is 0 Å². The van der Waals surface area contributed by atoms with E-state index < -0.39 is 0 Å². The topological polar surface area (TPSA) is 83.4 Å². The SMILES string of the molecule is N[C@H](c1ncc(-c2ccc(-c3ccc(-c4cnc(CC5CC5)[nH]4)cc3)cc2)[nH]1)C1CC1. The molecule has 2 aliphatic carbocycles. The molecular formula is C26H27N5. The minimum atomic E-state index is 0.0335. The molecule has 0 aliphatic heterocycles. The Balaban J connectivity index is 1.17. The quantitative estimate of drug-likeness (QED) is 0.377. The van der Waals surface area contributed by atoms with E-state index in [4.69, 9.17) is 5.73 Å². The van der Waals surface area contributed by atoms with Gasteiger partial charge in [0.2, 0.25) is 0 Å². The third-order valence-corrected chi connectivity index (χ3v) is 6.57. The van der Waals surface area contributed by atoms with E-state index in [1.165, 1.54) is 42.4 Å². The Kier molecular flexibility index (Phi) is 4.50. The third-order valence-electron chi connectivity index (χ3n) is 6.57. The Morgan fingerprint density at radius 3 is 1.87 bits per heavy atom. The lowest BCUT2D eigenvalue weighted by atomic mass is 10.0. The van der Waals surface area contributed by atoms with Crippen LogP contribution in [-0.4, -0.2) is 19.9 Å². The summed E-state index contributed by atoms with van der Waals surface area (Å²) in [4.78, 5) is 15.9. The summed E-state index contributed by atoms with van der Waals surface area (Å²) < 4.78 is 0. The molecule has 2 fully saturated rings. The van der Waals surface area contributed by atoms with Crippen LogP contribution in [0.1, 0.15) is 43.4 Å². The molecule has 2 saturated carbocycles. The van der Waals surface area contributed by atoms with Crippen LogP contribution in [0.5, 0.6) is 0 Å². The molecule has 0 amide bonds. The van der Waals surface area contributed by atoms with Gasteiger partial charge < -0.3 is 15.7 Å². The van der Waals surface area contributed by atoms with E-state index in [9.17, 15) is 0 Å². The van der Waals surface area contributed by atoms with E-state index in [0.717, 1.165) is 40.9 Å². The molecule has 4 N–H and O–H groups in total. The first-order chi connectivity index (χ1) is 15.2. The van der Waals surface area contributed by atoms with Crippen LogP contribution in [-0.2, 0) is 6.42 Å². The average molecular weight is 410 g/mol. The van der Waals surface area contributed by atoms with Crippen molar-refractivity contribution in [1.29, 1.82) is 0 Å². The molecular weight excluding hydrogens is 382 g/mol. The number of aromatic amines is 2. The van der Waals surface area contributed by atoms with Gasteiger partial charge in [-0.25, -0.2) is 9.97 Å². The van der Waals surface area contributed by atoms with Gasteiger partial charge in [-0.3, -0.25) is 0 Å². The Morgan fingerprint density at radius 2 is 1.29 bits per heavy atom. The number of nitrogens with zero attached hydrogens (tertiary/aromatic N) is 2. The smallest absolute Gasteiger partial charge is 0.123 e. The van der Waals surface area contributed by atoms with Crippen molar-refractivity contribution in [3.8, 4) is 33.6 Å². The van der Waals surface area contributed by atoms with Crippen molar-refractivity contribution in [1.82, 2.24) is 19.9 Å². The zero-order chi connectivity index (χ0) is 20.8. The number of imidazole rings is 2. The van der Waals surface area contributed by atoms with Crippen molar-refractivity contribution in [3.63, 3.8) is 0 Å². The zero-order valence-corrected chi connectivity index (χ0v) is 17.5. The van der Waals surface area contributed by atoms with E-state index in [1.807, 2.05) is 12.4 Å². The van der Waals surface area contributed by atoms with Gasteiger partial charge in [-0.05, 0) is 59.8 Å². The van der Waals surface area contributed by atoms with Gasteiger partial charge in [0.15, 0.2) is 0 Å². The van der Waals surface area contributed by atoms with Gasteiger partial charge in [0, 0.05) is 6.42 Å². The zero-order valence-electron chi connectivity index (χ0n) is 17.5. The van der Waals surface area contributed by atoms with Crippen LogP contribution in [0.2, 0.25) is 0 Å². The molecule has 156 valence electrons. The molecule has 31 heavy (non-hydrogen) atoms. The first-order valence-corrected chi connectivity index (χ1v) is 11.3. The summed E-state index contributed by atoms with van der Waals surface area (Å²) in [6.07, 6.45) is 10.0. The molecule has 0 radical (unpaired) electrons. The molecule has 5 nitrogen and oxygen atoms in total. The van der Waals surface area contributed by atoms with Gasteiger partial charge in [0.1, 0.15) is 11.6 Å². The Hall–Kier alpha value is -3.18. The summed E-state index contributed by atoms with van der Waals surface area (Å²) in [6.45, 7) is 0. The van der Waals surface area contributed by atoms with Crippen molar-refractivity contribution in [2.24, 2.45) is 17.6 Å². The molecule has 4 aromatic rings. The molecule has 1 atom stereocenters. The molecule has 2 aromatic carbocycles. The minimum Gasteiger partial charge on any atom is -0.342 e. The Bertz CT molecular complexity index is 1180.